The highest BCUT2D eigenvalue weighted by molar-refractivity contribution is 6.11. The first-order valence-electron chi connectivity index (χ1n) is 9.01. The molecule has 2 unspecified atom stereocenters. The van der Waals surface area contributed by atoms with Crippen LogP contribution >= 0.6 is 0 Å². The standard InChI is InChI=1S/C17H28BNO6/c1-4-11-12(8-15(18)24-11)22-9-14-13(7-10(2)23-14)25-17(21)6-5-16(20)19-3/h10-15H,4-9H2,1-3H3,(H,19,20)/t10-,11+,12?,13?,14+,15+/m0/s1. The van der Waals surface area contributed by atoms with Crippen LogP contribution in [-0.2, 0) is 28.5 Å². The summed E-state index contributed by atoms with van der Waals surface area (Å²) in [5.41, 5.74) is 0. The molecule has 1 N–H and O–H groups in total. The number of esters is 1. The van der Waals surface area contributed by atoms with Crippen molar-refractivity contribution < 1.29 is 28.5 Å². The quantitative estimate of drug-likeness (QED) is 0.510. The van der Waals surface area contributed by atoms with Gasteiger partial charge in [0.25, 0.3) is 0 Å². The zero-order valence-corrected chi connectivity index (χ0v) is 15.2. The molecule has 2 aliphatic heterocycles. The second kappa shape index (κ2) is 9.55. The van der Waals surface area contributed by atoms with Gasteiger partial charge in [0.2, 0.25) is 5.91 Å². The van der Waals surface area contributed by atoms with Crippen molar-refractivity contribution in [2.24, 2.45) is 0 Å². The summed E-state index contributed by atoms with van der Waals surface area (Å²) in [6.07, 6.45) is 1.53. The molecule has 0 aliphatic carbocycles. The lowest BCUT2D eigenvalue weighted by molar-refractivity contribution is -0.155. The number of hydrogen-bond acceptors (Lipinski definition) is 6. The summed E-state index contributed by atoms with van der Waals surface area (Å²) in [5, 5.41) is 2.48. The summed E-state index contributed by atoms with van der Waals surface area (Å²) >= 11 is 0. The SMILES string of the molecule is [B][C@H]1CC(OC[C@H]2O[C@@H](C)CC2OC(=O)CCC(=O)NC)[C@@H](CC)O1. The van der Waals surface area contributed by atoms with Gasteiger partial charge in [0, 0.05) is 25.9 Å². The molecule has 2 fully saturated rings. The fourth-order valence-electron chi connectivity index (χ4n) is 3.26. The van der Waals surface area contributed by atoms with Gasteiger partial charge in [-0.25, -0.2) is 0 Å². The van der Waals surface area contributed by atoms with Gasteiger partial charge in [-0.2, -0.15) is 0 Å². The number of ether oxygens (including phenoxy) is 4. The van der Waals surface area contributed by atoms with Crippen LogP contribution < -0.4 is 5.32 Å². The van der Waals surface area contributed by atoms with E-state index in [1.165, 1.54) is 7.05 Å². The van der Waals surface area contributed by atoms with Crippen LogP contribution in [0.15, 0.2) is 0 Å². The zero-order chi connectivity index (χ0) is 18.4. The monoisotopic (exact) mass is 353 g/mol. The van der Waals surface area contributed by atoms with Crippen molar-refractivity contribution in [3.05, 3.63) is 0 Å². The maximum absolute atomic E-state index is 11.9. The van der Waals surface area contributed by atoms with Crippen molar-refractivity contribution in [2.45, 2.75) is 82.5 Å². The minimum Gasteiger partial charge on any atom is -0.459 e. The van der Waals surface area contributed by atoms with E-state index in [1.807, 2.05) is 13.8 Å². The molecule has 1 amide bonds. The average Bonchev–Trinajstić information content (AvgIpc) is 3.12. The van der Waals surface area contributed by atoms with Gasteiger partial charge in [-0.3, -0.25) is 9.59 Å². The molecule has 0 aromatic carbocycles. The zero-order valence-electron chi connectivity index (χ0n) is 15.2. The van der Waals surface area contributed by atoms with Crippen LogP contribution in [0, 0.1) is 0 Å². The first-order valence-corrected chi connectivity index (χ1v) is 9.01. The minimum absolute atomic E-state index is 0.00519. The number of hydrogen-bond donors (Lipinski definition) is 1. The smallest absolute Gasteiger partial charge is 0.306 e. The van der Waals surface area contributed by atoms with E-state index in [0.717, 1.165) is 6.42 Å². The molecule has 0 aromatic rings. The molecule has 2 heterocycles. The Morgan fingerprint density at radius 1 is 1.16 bits per heavy atom. The van der Waals surface area contributed by atoms with Crippen molar-refractivity contribution in [3.63, 3.8) is 0 Å². The van der Waals surface area contributed by atoms with Crippen LogP contribution in [0.2, 0.25) is 0 Å². The van der Waals surface area contributed by atoms with E-state index in [-0.39, 0.29) is 55.3 Å². The van der Waals surface area contributed by atoms with Crippen molar-refractivity contribution in [2.75, 3.05) is 13.7 Å². The molecule has 6 atom stereocenters. The second-order valence-corrected chi connectivity index (χ2v) is 6.65. The molecule has 2 rings (SSSR count). The second-order valence-electron chi connectivity index (χ2n) is 6.65. The van der Waals surface area contributed by atoms with E-state index in [9.17, 15) is 9.59 Å². The summed E-state index contributed by atoms with van der Waals surface area (Å²) in [6.45, 7) is 4.30. The van der Waals surface area contributed by atoms with Gasteiger partial charge in [0.15, 0.2) is 0 Å². The molecule has 2 radical (unpaired) electrons. The number of carbonyl (C=O) groups excluding carboxylic acids is 2. The number of carbonyl (C=O) groups is 2. The van der Waals surface area contributed by atoms with Gasteiger partial charge in [-0.1, -0.05) is 6.92 Å². The minimum atomic E-state index is -0.394. The number of rotatable bonds is 8. The van der Waals surface area contributed by atoms with Gasteiger partial charge in [0.05, 0.1) is 31.3 Å². The highest BCUT2D eigenvalue weighted by Gasteiger charge is 2.38. The molecular weight excluding hydrogens is 325 g/mol. The van der Waals surface area contributed by atoms with E-state index in [4.69, 9.17) is 26.8 Å². The highest BCUT2D eigenvalue weighted by Crippen LogP contribution is 2.28. The Morgan fingerprint density at radius 3 is 2.60 bits per heavy atom. The first-order chi connectivity index (χ1) is 11.9. The maximum Gasteiger partial charge on any atom is 0.306 e. The van der Waals surface area contributed by atoms with Crippen LogP contribution in [0.25, 0.3) is 0 Å². The van der Waals surface area contributed by atoms with Gasteiger partial charge in [0.1, 0.15) is 20.1 Å². The fraction of sp³-hybridized carbons (Fsp3) is 0.882. The average molecular weight is 353 g/mol. The number of amides is 1. The molecule has 0 saturated carbocycles. The fourth-order valence-corrected chi connectivity index (χ4v) is 3.26. The summed E-state index contributed by atoms with van der Waals surface area (Å²) in [5.74, 6) is -0.579. The van der Waals surface area contributed by atoms with Crippen molar-refractivity contribution in [1.82, 2.24) is 5.32 Å². The highest BCUT2D eigenvalue weighted by atomic mass is 16.6. The van der Waals surface area contributed by atoms with Crippen molar-refractivity contribution >= 4 is 19.7 Å². The van der Waals surface area contributed by atoms with Crippen molar-refractivity contribution in [1.29, 1.82) is 0 Å². The summed E-state index contributed by atoms with van der Waals surface area (Å²) in [6, 6.07) is -0.295. The Labute approximate surface area is 150 Å². The van der Waals surface area contributed by atoms with E-state index in [2.05, 4.69) is 5.32 Å². The Bertz CT molecular complexity index is 462. The predicted octanol–water partition coefficient (Wildman–Crippen LogP) is 0.681. The van der Waals surface area contributed by atoms with Crippen LogP contribution in [0.3, 0.4) is 0 Å². The summed E-state index contributed by atoms with van der Waals surface area (Å²) in [7, 11) is 7.36. The largest absolute Gasteiger partial charge is 0.459 e. The van der Waals surface area contributed by atoms with Gasteiger partial charge >= 0.3 is 5.97 Å². The van der Waals surface area contributed by atoms with E-state index >= 15 is 0 Å². The molecule has 0 bridgehead atoms. The van der Waals surface area contributed by atoms with E-state index in [0.29, 0.717) is 19.4 Å². The van der Waals surface area contributed by atoms with Gasteiger partial charge in [-0.15, -0.1) is 0 Å². The van der Waals surface area contributed by atoms with E-state index < -0.39 is 5.97 Å². The van der Waals surface area contributed by atoms with Crippen molar-refractivity contribution in [3.8, 4) is 0 Å². The molecule has 7 nitrogen and oxygen atoms in total. The topological polar surface area (TPSA) is 83.1 Å². The third-order valence-electron chi connectivity index (χ3n) is 4.61. The molecular formula is C17H28BNO6. The number of nitrogens with one attached hydrogen (secondary N) is 1. The molecule has 25 heavy (non-hydrogen) atoms. The molecule has 8 heteroatoms. The van der Waals surface area contributed by atoms with Crippen LogP contribution in [0.4, 0.5) is 0 Å². The van der Waals surface area contributed by atoms with Gasteiger partial charge < -0.3 is 24.3 Å². The Kier molecular flexibility index (Phi) is 7.71. The van der Waals surface area contributed by atoms with Crippen LogP contribution in [0.1, 0.15) is 46.0 Å². The Balaban J connectivity index is 1.80. The lowest BCUT2D eigenvalue weighted by Gasteiger charge is -2.23. The third-order valence-corrected chi connectivity index (χ3v) is 4.61. The maximum atomic E-state index is 11.9. The van der Waals surface area contributed by atoms with Crippen LogP contribution in [-0.4, -0.2) is 69.9 Å². The predicted molar refractivity (Wildman–Crippen MR) is 91.2 cm³/mol. The van der Waals surface area contributed by atoms with Gasteiger partial charge in [-0.05, 0) is 19.8 Å². The normalized spacial score (nSPS) is 34.8. The molecule has 2 aliphatic rings. The molecule has 0 aromatic heterocycles. The molecule has 0 spiro atoms. The first kappa shape index (κ1) is 20.2. The summed E-state index contributed by atoms with van der Waals surface area (Å²) < 4.78 is 22.9. The third kappa shape index (κ3) is 5.97. The molecule has 140 valence electrons. The Hall–Kier alpha value is -1.12. The van der Waals surface area contributed by atoms with E-state index in [1.54, 1.807) is 0 Å². The van der Waals surface area contributed by atoms with Crippen LogP contribution in [0.5, 0.6) is 0 Å². The lowest BCUT2D eigenvalue weighted by Crippen LogP contribution is -2.35. The summed E-state index contributed by atoms with van der Waals surface area (Å²) in [4.78, 5) is 23.2. The molecule has 2 saturated heterocycles. The lowest BCUT2D eigenvalue weighted by atomic mass is 9.96. The Morgan fingerprint density at radius 2 is 1.92 bits per heavy atom.